The van der Waals surface area contributed by atoms with Crippen molar-refractivity contribution in [3.05, 3.63) is 118 Å². The van der Waals surface area contributed by atoms with Crippen LogP contribution in [0.25, 0.3) is 21.5 Å². The molecule has 58 heavy (non-hydrogen) atoms. The Kier molecular flexibility index (Phi) is 22.7. The molecule has 312 valence electrons. The summed E-state index contributed by atoms with van der Waals surface area (Å²) in [5, 5.41) is 9.58. The summed E-state index contributed by atoms with van der Waals surface area (Å²) < 4.78 is 0. The van der Waals surface area contributed by atoms with E-state index in [1.165, 1.54) is 94.8 Å². The zero-order chi connectivity index (χ0) is 39.3. The number of halogens is 2. The van der Waals surface area contributed by atoms with E-state index < -0.39 is 16.1 Å². The average Bonchev–Trinajstić information content (AvgIpc) is 3.83. The molecular formula is C52H72Cl2Si2Zr2-2. The van der Waals surface area contributed by atoms with Crippen LogP contribution in [0, 0.1) is 23.0 Å². The molecule has 2 saturated heterocycles. The predicted octanol–water partition coefficient (Wildman–Crippen LogP) is 9.06. The van der Waals surface area contributed by atoms with Crippen molar-refractivity contribution < 1.29 is 77.2 Å². The van der Waals surface area contributed by atoms with Gasteiger partial charge in [0.15, 0.2) is 0 Å². The van der Waals surface area contributed by atoms with E-state index in [0.717, 1.165) is 0 Å². The van der Waals surface area contributed by atoms with Gasteiger partial charge < -0.3 is 24.8 Å². The van der Waals surface area contributed by atoms with E-state index in [1.807, 2.05) is 0 Å². The van der Waals surface area contributed by atoms with E-state index in [9.17, 15) is 0 Å². The maximum atomic E-state index is 3.44. The van der Waals surface area contributed by atoms with Gasteiger partial charge >= 0.3 is 52.4 Å². The van der Waals surface area contributed by atoms with Gasteiger partial charge in [0.1, 0.15) is 0 Å². The normalized spacial score (nSPS) is 18.8. The second kappa shape index (κ2) is 23.7. The molecule has 0 N–H and O–H groups in total. The molecular weight excluding hydrogens is 934 g/mol. The van der Waals surface area contributed by atoms with Gasteiger partial charge in [0.05, 0.1) is 0 Å². The Bertz CT molecular complexity index is 1880. The Morgan fingerprint density at radius 3 is 1.09 bits per heavy atom. The van der Waals surface area contributed by atoms with Crippen molar-refractivity contribution in [3.8, 4) is 0 Å². The molecule has 2 aliphatic carbocycles. The first-order chi connectivity index (χ1) is 25.6. The molecule has 0 atom stereocenters. The minimum absolute atomic E-state index is 0. The second-order valence-corrected chi connectivity index (χ2v) is 27.6. The van der Waals surface area contributed by atoms with Crippen LogP contribution in [0.1, 0.15) is 122 Å². The van der Waals surface area contributed by atoms with Crippen molar-refractivity contribution in [1.82, 2.24) is 0 Å². The number of rotatable bonds is 8. The number of hydrogen-bond donors (Lipinski definition) is 0. The van der Waals surface area contributed by atoms with Crippen molar-refractivity contribution in [3.63, 3.8) is 0 Å². The van der Waals surface area contributed by atoms with Gasteiger partial charge in [0, 0.05) is 16.1 Å². The molecule has 0 amide bonds. The second-order valence-electron chi connectivity index (χ2n) is 18.4. The summed E-state index contributed by atoms with van der Waals surface area (Å²) in [6, 6.07) is 36.7. The molecule has 2 fully saturated rings. The van der Waals surface area contributed by atoms with E-state index in [1.54, 1.807) is 45.3 Å². The molecule has 8 rings (SSSR count). The monoisotopic (exact) mass is 1000 g/mol. The van der Waals surface area contributed by atoms with Gasteiger partial charge in [-0.3, -0.25) is 12.2 Å². The van der Waals surface area contributed by atoms with Crippen LogP contribution in [0.2, 0.25) is 36.3 Å². The van der Waals surface area contributed by atoms with Gasteiger partial charge in [-0.25, -0.2) is 11.1 Å². The molecule has 0 nitrogen and oxygen atoms in total. The molecule has 0 unspecified atom stereocenters. The maximum absolute atomic E-state index is 3.44. The fourth-order valence-corrected chi connectivity index (χ4v) is 19.1. The molecule has 0 aromatic heterocycles. The summed E-state index contributed by atoms with van der Waals surface area (Å²) in [5.41, 5.74) is 8.79. The van der Waals surface area contributed by atoms with Crippen LogP contribution >= 0.6 is 0 Å². The van der Waals surface area contributed by atoms with Crippen molar-refractivity contribution in [2.24, 2.45) is 10.8 Å². The minimum Gasteiger partial charge on any atom is -1.00 e. The fraction of sp³-hybridized carbons (Fsp3) is 0.500. The number of unbranched alkanes of at least 4 members (excludes halogenated alkanes) is 2. The molecule has 0 bridgehead atoms. The van der Waals surface area contributed by atoms with Crippen molar-refractivity contribution in [1.29, 1.82) is 0 Å². The summed E-state index contributed by atoms with van der Waals surface area (Å²) in [6.45, 7) is 26.5. The van der Waals surface area contributed by atoms with E-state index in [0.29, 0.717) is 0 Å². The minimum atomic E-state index is -1.05. The van der Waals surface area contributed by atoms with Crippen LogP contribution in [0.4, 0.5) is 0 Å². The molecule has 6 heteroatoms. The van der Waals surface area contributed by atoms with E-state index in [4.69, 9.17) is 0 Å². The maximum Gasteiger partial charge on any atom is 2.00 e. The molecule has 2 heterocycles. The molecule has 4 aliphatic rings. The summed E-state index contributed by atoms with van der Waals surface area (Å²) in [4.78, 5) is 0. The van der Waals surface area contributed by atoms with Gasteiger partial charge in [-0.15, -0.1) is 82.2 Å². The quantitative estimate of drug-likeness (QED) is 0.122. The predicted molar refractivity (Wildman–Crippen MR) is 247 cm³/mol. The molecule has 2 aliphatic heterocycles. The Labute approximate surface area is 408 Å². The van der Waals surface area contributed by atoms with E-state index >= 15 is 0 Å². The summed E-state index contributed by atoms with van der Waals surface area (Å²) in [7, 11) is -2.10. The van der Waals surface area contributed by atoms with Gasteiger partial charge in [0.2, 0.25) is 0 Å². The van der Waals surface area contributed by atoms with Crippen molar-refractivity contribution in [2.45, 2.75) is 158 Å². The smallest absolute Gasteiger partial charge is 1.00 e. The van der Waals surface area contributed by atoms with Crippen LogP contribution in [-0.2, 0) is 52.4 Å². The zero-order valence-corrected chi connectivity index (χ0v) is 46.6. The number of hydrogen-bond acceptors (Lipinski definition) is 0. The average molecular weight is 1010 g/mol. The molecule has 0 spiro atoms. The Morgan fingerprint density at radius 2 is 0.862 bits per heavy atom. The Balaban J connectivity index is 0.000000390. The Hall–Kier alpha value is -0.600. The van der Waals surface area contributed by atoms with Crippen LogP contribution in [-0.4, -0.2) is 16.1 Å². The first-order valence-corrected chi connectivity index (χ1v) is 26.8. The van der Waals surface area contributed by atoms with Crippen LogP contribution in [0.15, 0.2) is 106 Å². The molecule has 4 aromatic carbocycles. The topological polar surface area (TPSA) is 0 Å². The molecule has 0 saturated carbocycles. The summed E-state index contributed by atoms with van der Waals surface area (Å²) in [5.74, 6) is 0. The van der Waals surface area contributed by atoms with Crippen molar-refractivity contribution >= 4 is 48.1 Å². The van der Waals surface area contributed by atoms with Crippen LogP contribution < -0.4 is 35.2 Å². The largest absolute Gasteiger partial charge is 2.00 e. The van der Waals surface area contributed by atoms with Crippen LogP contribution in [0.3, 0.4) is 0 Å². The van der Waals surface area contributed by atoms with E-state index in [-0.39, 0.29) is 88.1 Å². The number of allylic oxidation sites excluding steroid dienone is 8. The first-order valence-electron chi connectivity index (χ1n) is 21.5. The molecule has 0 radical (unpaired) electrons. The third-order valence-electron chi connectivity index (χ3n) is 14.3. The number of fused-ring (bicyclic) bond motifs is 2. The van der Waals surface area contributed by atoms with Crippen LogP contribution in [0.5, 0.6) is 0 Å². The third-order valence-corrected chi connectivity index (χ3v) is 25.3. The van der Waals surface area contributed by atoms with Gasteiger partial charge in [-0.2, -0.15) is 46.6 Å². The summed E-state index contributed by atoms with van der Waals surface area (Å²) >= 11 is 0. The number of benzene rings is 2. The third kappa shape index (κ3) is 12.3. The summed E-state index contributed by atoms with van der Waals surface area (Å²) in [6.07, 6.45) is 15.4. The fourth-order valence-electron chi connectivity index (χ4n) is 9.58. The Morgan fingerprint density at radius 1 is 0.534 bits per heavy atom. The SMILES string of the molecule is CC1=[C-]C(C)(C)C(C)=C1C.CC1=[C-]C(C)(C)C(C)=C1C.CCCC[Si]1([c-]2ccc3ccccc32)CCC1.CCCC[Si]1([c-]2ccc3ccccc32)CCC1.[Cl-].[Cl-].[Zr+2].[Zr+2]. The van der Waals surface area contributed by atoms with Gasteiger partial charge in [-0.1, -0.05) is 167 Å². The standard InChI is InChI=1S/2C16H21Si.2C10H15.2ClH.2Zr/c2*1-2-3-11-17(12-6-13-17)16-10-9-14-7-4-5-8-15(14)16;2*1-7-6-10(4,5)9(3)8(7)2;;;;/h2*4-5,7-10H,2-3,6,11-13H2,1H3;2*1-5H3;2*1H;;/q4*-1;;;2*+2/p-2. The zero-order valence-electron chi connectivity index (χ0n) is 38.2. The molecule has 4 aromatic rings. The van der Waals surface area contributed by atoms with E-state index in [2.05, 4.69) is 168 Å². The first kappa shape index (κ1) is 55.4. The van der Waals surface area contributed by atoms with Crippen molar-refractivity contribution in [2.75, 3.05) is 0 Å². The van der Waals surface area contributed by atoms with Gasteiger partial charge in [0.25, 0.3) is 0 Å². The van der Waals surface area contributed by atoms with Gasteiger partial charge in [-0.05, 0) is 0 Å².